The van der Waals surface area contributed by atoms with E-state index in [1.165, 1.54) is 22.3 Å². The van der Waals surface area contributed by atoms with Gasteiger partial charge >= 0.3 is 0 Å². The van der Waals surface area contributed by atoms with Gasteiger partial charge in [0, 0.05) is 24.5 Å². The predicted molar refractivity (Wildman–Crippen MR) is 105 cm³/mol. The molecule has 1 aliphatic rings. The lowest BCUT2D eigenvalue weighted by molar-refractivity contribution is 0.818. The van der Waals surface area contributed by atoms with Crippen molar-refractivity contribution in [3.8, 4) is 11.1 Å². The molecule has 2 heterocycles. The van der Waals surface area contributed by atoms with Crippen LogP contribution in [-0.4, -0.2) is 17.2 Å². The molecular formula is C23H20N2. The van der Waals surface area contributed by atoms with Gasteiger partial charge < -0.3 is 0 Å². The first-order chi connectivity index (χ1) is 12.4. The van der Waals surface area contributed by atoms with Gasteiger partial charge in [0.2, 0.25) is 0 Å². The fraction of sp³-hybridized carbons (Fsp3) is 0.130. The van der Waals surface area contributed by atoms with Crippen molar-refractivity contribution in [2.45, 2.75) is 12.8 Å². The first kappa shape index (κ1) is 15.5. The van der Waals surface area contributed by atoms with E-state index in [1.54, 1.807) is 6.20 Å². The van der Waals surface area contributed by atoms with Crippen molar-refractivity contribution in [2.24, 2.45) is 4.99 Å². The SMILES string of the molecule is C(=C1CCCN=C1c1cccnc1)c1cccc(-c2ccccc2)c1. The van der Waals surface area contributed by atoms with Gasteiger partial charge in [-0.25, -0.2) is 0 Å². The molecule has 0 atom stereocenters. The Balaban J connectivity index is 1.70. The topological polar surface area (TPSA) is 25.2 Å². The molecule has 0 saturated carbocycles. The zero-order valence-corrected chi connectivity index (χ0v) is 14.1. The first-order valence-electron chi connectivity index (χ1n) is 8.71. The van der Waals surface area contributed by atoms with Gasteiger partial charge in [0.25, 0.3) is 0 Å². The fourth-order valence-corrected chi connectivity index (χ4v) is 3.24. The molecule has 0 unspecified atom stereocenters. The predicted octanol–water partition coefficient (Wildman–Crippen LogP) is 5.42. The summed E-state index contributed by atoms with van der Waals surface area (Å²) in [6.45, 7) is 0.894. The van der Waals surface area contributed by atoms with Crippen LogP contribution in [0.5, 0.6) is 0 Å². The van der Waals surface area contributed by atoms with Crippen LogP contribution in [0.15, 0.2) is 89.7 Å². The number of rotatable bonds is 3. The highest BCUT2D eigenvalue weighted by atomic mass is 14.8. The van der Waals surface area contributed by atoms with Gasteiger partial charge in [-0.05, 0) is 59.4 Å². The Morgan fingerprint density at radius 3 is 2.48 bits per heavy atom. The van der Waals surface area contributed by atoms with E-state index in [0.29, 0.717) is 0 Å². The number of hydrogen-bond acceptors (Lipinski definition) is 2. The summed E-state index contributed by atoms with van der Waals surface area (Å²) in [4.78, 5) is 9.01. The molecule has 0 bridgehead atoms. The zero-order chi connectivity index (χ0) is 16.9. The molecule has 0 spiro atoms. The molecule has 0 aliphatic carbocycles. The molecular weight excluding hydrogens is 304 g/mol. The Bertz CT molecular complexity index is 909. The summed E-state index contributed by atoms with van der Waals surface area (Å²) in [6, 6.07) is 23.3. The van der Waals surface area contributed by atoms with E-state index in [0.717, 1.165) is 30.7 Å². The number of allylic oxidation sites excluding steroid dienone is 1. The van der Waals surface area contributed by atoms with E-state index in [4.69, 9.17) is 4.99 Å². The molecule has 0 saturated heterocycles. The highest BCUT2D eigenvalue weighted by Crippen LogP contribution is 2.25. The monoisotopic (exact) mass is 324 g/mol. The van der Waals surface area contributed by atoms with E-state index in [2.05, 4.69) is 65.7 Å². The standard InChI is InChI=1S/C23H20N2/c1-2-8-19(9-3-1)20-10-4-7-18(15-20)16-21-11-6-14-25-23(21)22-12-5-13-24-17-22/h1-5,7-10,12-13,15-17H,6,11,14H2. The van der Waals surface area contributed by atoms with E-state index < -0.39 is 0 Å². The summed E-state index contributed by atoms with van der Waals surface area (Å²) >= 11 is 0. The van der Waals surface area contributed by atoms with Gasteiger partial charge in [-0.3, -0.25) is 9.98 Å². The number of benzene rings is 2. The summed E-state index contributed by atoms with van der Waals surface area (Å²) in [5.41, 5.74) is 7.19. The molecule has 2 heteroatoms. The largest absolute Gasteiger partial charge is 0.284 e. The van der Waals surface area contributed by atoms with Crippen molar-refractivity contribution in [1.29, 1.82) is 0 Å². The zero-order valence-electron chi connectivity index (χ0n) is 14.1. The molecule has 2 nitrogen and oxygen atoms in total. The van der Waals surface area contributed by atoms with Crippen LogP contribution in [0.1, 0.15) is 24.0 Å². The van der Waals surface area contributed by atoms with Crippen LogP contribution in [-0.2, 0) is 0 Å². The molecule has 1 aliphatic heterocycles. The van der Waals surface area contributed by atoms with Crippen molar-refractivity contribution in [3.05, 3.63) is 95.8 Å². The van der Waals surface area contributed by atoms with Gasteiger partial charge in [0.05, 0.1) is 5.71 Å². The molecule has 25 heavy (non-hydrogen) atoms. The van der Waals surface area contributed by atoms with Crippen LogP contribution >= 0.6 is 0 Å². The van der Waals surface area contributed by atoms with Gasteiger partial charge in [-0.15, -0.1) is 0 Å². The van der Waals surface area contributed by atoms with Crippen LogP contribution < -0.4 is 0 Å². The quantitative estimate of drug-likeness (QED) is 0.632. The van der Waals surface area contributed by atoms with E-state index >= 15 is 0 Å². The first-order valence-corrected chi connectivity index (χ1v) is 8.71. The van der Waals surface area contributed by atoms with E-state index in [1.807, 2.05) is 18.3 Å². The van der Waals surface area contributed by atoms with Gasteiger partial charge in [0.15, 0.2) is 0 Å². The maximum absolute atomic E-state index is 4.77. The average Bonchev–Trinajstić information content (AvgIpc) is 2.70. The van der Waals surface area contributed by atoms with Gasteiger partial charge in [-0.1, -0.05) is 48.5 Å². The highest BCUT2D eigenvalue weighted by molar-refractivity contribution is 6.15. The van der Waals surface area contributed by atoms with Crippen molar-refractivity contribution in [3.63, 3.8) is 0 Å². The Hall–Kier alpha value is -3.00. The Morgan fingerprint density at radius 2 is 1.64 bits per heavy atom. The summed E-state index contributed by atoms with van der Waals surface area (Å²) in [5.74, 6) is 0. The lowest BCUT2D eigenvalue weighted by Crippen LogP contribution is -2.11. The average molecular weight is 324 g/mol. The second-order valence-electron chi connectivity index (χ2n) is 6.24. The van der Waals surface area contributed by atoms with Crippen molar-refractivity contribution in [2.75, 3.05) is 6.54 Å². The minimum atomic E-state index is 0.894. The highest BCUT2D eigenvalue weighted by Gasteiger charge is 2.14. The molecule has 0 amide bonds. The van der Waals surface area contributed by atoms with Crippen LogP contribution in [0.3, 0.4) is 0 Å². The molecule has 2 aromatic carbocycles. The number of aromatic nitrogens is 1. The molecule has 0 N–H and O–H groups in total. The molecule has 4 rings (SSSR count). The molecule has 1 aromatic heterocycles. The summed E-state index contributed by atoms with van der Waals surface area (Å²) in [5, 5.41) is 0. The normalized spacial score (nSPS) is 15.8. The third-order valence-corrected chi connectivity index (χ3v) is 4.45. The third kappa shape index (κ3) is 3.58. The fourth-order valence-electron chi connectivity index (χ4n) is 3.24. The van der Waals surface area contributed by atoms with Crippen LogP contribution in [0, 0.1) is 0 Å². The molecule has 122 valence electrons. The molecule has 0 radical (unpaired) electrons. The summed E-state index contributed by atoms with van der Waals surface area (Å²) in [6.07, 6.45) is 8.15. The third-order valence-electron chi connectivity index (χ3n) is 4.45. The minimum Gasteiger partial charge on any atom is -0.284 e. The van der Waals surface area contributed by atoms with Crippen molar-refractivity contribution < 1.29 is 0 Å². The Kier molecular flexibility index (Phi) is 4.51. The Labute approximate surface area is 148 Å². The van der Waals surface area contributed by atoms with Crippen molar-refractivity contribution >= 4 is 11.8 Å². The smallest absolute Gasteiger partial charge is 0.0694 e. The van der Waals surface area contributed by atoms with Gasteiger partial charge in [-0.2, -0.15) is 0 Å². The number of aliphatic imine (C=N–C) groups is 1. The second kappa shape index (κ2) is 7.27. The summed E-state index contributed by atoms with van der Waals surface area (Å²) in [7, 11) is 0. The maximum Gasteiger partial charge on any atom is 0.0694 e. The lowest BCUT2D eigenvalue weighted by atomic mass is 9.94. The van der Waals surface area contributed by atoms with Crippen molar-refractivity contribution in [1.82, 2.24) is 4.98 Å². The molecule has 0 fully saturated rings. The lowest BCUT2D eigenvalue weighted by Gasteiger charge is -2.16. The molecule has 3 aromatic rings. The second-order valence-corrected chi connectivity index (χ2v) is 6.24. The van der Waals surface area contributed by atoms with Gasteiger partial charge in [0.1, 0.15) is 0 Å². The van der Waals surface area contributed by atoms with E-state index in [-0.39, 0.29) is 0 Å². The van der Waals surface area contributed by atoms with Crippen LogP contribution in [0.25, 0.3) is 17.2 Å². The van der Waals surface area contributed by atoms with E-state index in [9.17, 15) is 0 Å². The van der Waals surface area contributed by atoms with Crippen LogP contribution in [0.2, 0.25) is 0 Å². The Morgan fingerprint density at radius 1 is 0.800 bits per heavy atom. The summed E-state index contributed by atoms with van der Waals surface area (Å²) < 4.78 is 0. The minimum absolute atomic E-state index is 0.894. The maximum atomic E-state index is 4.77. The number of pyridine rings is 1. The number of hydrogen-bond donors (Lipinski definition) is 0. The van der Waals surface area contributed by atoms with Crippen LogP contribution in [0.4, 0.5) is 0 Å². The number of nitrogens with zero attached hydrogens (tertiary/aromatic N) is 2.